The molecule has 0 bridgehead atoms. The van der Waals surface area contributed by atoms with Crippen LogP contribution in [0.15, 0.2) is 23.1 Å². The van der Waals surface area contributed by atoms with Crippen LogP contribution in [0.1, 0.15) is 11.1 Å². The summed E-state index contributed by atoms with van der Waals surface area (Å²) in [7, 11) is -1.84. The van der Waals surface area contributed by atoms with Crippen molar-refractivity contribution in [2.75, 3.05) is 0 Å². The highest BCUT2D eigenvalue weighted by Gasteiger charge is 2.18. The molecule has 72 valence electrons. The van der Waals surface area contributed by atoms with Crippen LogP contribution in [0.2, 0.25) is 0 Å². The molecule has 0 radical (unpaired) electrons. The standard InChI is InChI=1S/C8H11O3PS/c1-6-4-3-5-7(2)8(6)13(9,10)11-12/h3-5H,12H2,1-2H3. The third-order valence-electron chi connectivity index (χ3n) is 1.79. The first-order valence-electron chi connectivity index (χ1n) is 3.68. The van der Waals surface area contributed by atoms with E-state index in [2.05, 4.69) is 3.97 Å². The lowest BCUT2D eigenvalue weighted by molar-refractivity contribution is 0.516. The summed E-state index contributed by atoms with van der Waals surface area (Å²) in [5, 5.41) is 0. The summed E-state index contributed by atoms with van der Waals surface area (Å²) < 4.78 is 27.2. The van der Waals surface area contributed by atoms with Gasteiger partial charge in [-0.1, -0.05) is 18.2 Å². The molecule has 1 aromatic rings. The first kappa shape index (κ1) is 10.6. The average molecular weight is 218 g/mol. The monoisotopic (exact) mass is 218 g/mol. The van der Waals surface area contributed by atoms with Gasteiger partial charge in [-0.2, -0.15) is 8.42 Å². The van der Waals surface area contributed by atoms with Gasteiger partial charge in [0.15, 0.2) is 0 Å². The Hall–Kier alpha value is -0.440. The molecule has 0 aliphatic rings. The summed E-state index contributed by atoms with van der Waals surface area (Å²) in [6, 6.07) is 5.29. The average Bonchev–Trinajstić information content (AvgIpc) is 2.03. The Balaban J connectivity index is 3.46. The molecule has 0 heterocycles. The van der Waals surface area contributed by atoms with Crippen molar-refractivity contribution in [3.05, 3.63) is 29.3 Å². The lowest BCUT2D eigenvalue weighted by atomic mass is 10.2. The van der Waals surface area contributed by atoms with Gasteiger partial charge in [0.25, 0.3) is 10.1 Å². The van der Waals surface area contributed by atoms with Crippen molar-refractivity contribution in [2.45, 2.75) is 18.7 Å². The maximum absolute atomic E-state index is 11.4. The van der Waals surface area contributed by atoms with E-state index in [0.29, 0.717) is 11.1 Å². The molecule has 0 aliphatic heterocycles. The smallest absolute Gasteiger partial charge is 0.251 e. The Kier molecular flexibility index (Phi) is 3.06. The maximum atomic E-state index is 11.4. The van der Waals surface area contributed by atoms with Gasteiger partial charge in [-0.05, 0) is 25.0 Å². The molecule has 0 aromatic heterocycles. The third-order valence-corrected chi connectivity index (χ3v) is 3.94. The molecule has 0 saturated carbocycles. The van der Waals surface area contributed by atoms with Gasteiger partial charge in [0.1, 0.15) is 4.90 Å². The van der Waals surface area contributed by atoms with Crippen molar-refractivity contribution in [3.63, 3.8) is 0 Å². The summed E-state index contributed by atoms with van der Waals surface area (Å²) in [6.07, 6.45) is 0. The van der Waals surface area contributed by atoms with Gasteiger partial charge in [0, 0.05) is 9.47 Å². The molecule has 1 atom stereocenters. The van der Waals surface area contributed by atoms with Crippen LogP contribution >= 0.6 is 9.47 Å². The van der Waals surface area contributed by atoms with E-state index >= 15 is 0 Å². The van der Waals surface area contributed by atoms with Gasteiger partial charge < -0.3 is 0 Å². The van der Waals surface area contributed by atoms with Crippen molar-refractivity contribution < 1.29 is 12.4 Å². The molecule has 0 N–H and O–H groups in total. The molecule has 5 heteroatoms. The molecule has 0 amide bonds. The number of hydrogen-bond acceptors (Lipinski definition) is 3. The van der Waals surface area contributed by atoms with E-state index in [4.69, 9.17) is 0 Å². The van der Waals surface area contributed by atoms with Crippen LogP contribution in [0.3, 0.4) is 0 Å². The second-order valence-corrected chi connectivity index (χ2v) is 4.86. The minimum absolute atomic E-state index is 0.255. The number of hydrogen-bond donors (Lipinski definition) is 0. The molecule has 1 aromatic carbocycles. The molecule has 0 fully saturated rings. The van der Waals surface area contributed by atoms with Crippen LogP contribution in [0.4, 0.5) is 0 Å². The number of aryl methyl sites for hydroxylation is 2. The van der Waals surface area contributed by atoms with Gasteiger partial charge >= 0.3 is 0 Å². The van der Waals surface area contributed by atoms with E-state index in [0.717, 1.165) is 0 Å². The Morgan fingerprint density at radius 2 is 1.69 bits per heavy atom. The highest BCUT2D eigenvalue weighted by atomic mass is 32.2. The van der Waals surface area contributed by atoms with Crippen molar-refractivity contribution in [3.8, 4) is 0 Å². The van der Waals surface area contributed by atoms with Crippen LogP contribution in [0.25, 0.3) is 0 Å². The largest absolute Gasteiger partial charge is 0.300 e. The predicted octanol–water partition coefficient (Wildman–Crippen LogP) is 1.80. The zero-order valence-electron chi connectivity index (χ0n) is 7.44. The van der Waals surface area contributed by atoms with Crippen LogP contribution in [-0.2, 0) is 14.1 Å². The van der Waals surface area contributed by atoms with Gasteiger partial charge in [0.2, 0.25) is 0 Å². The molecule has 3 nitrogen and oxygen atoms in total. The fourth-order valence-electron chi connectivity index (χ4n) is 1.24. The maximum Gasteiger partial charge on any atom is 0.300 e. The Labute approximate surface area is 80.5 Å². The molecule has 13 heavy (non-hydrogen) atoms. The summed E-state index contributed by atoms with van der Waals surface area (Å²) in [6.45, 7) is 3.48. The fraction of sp³-hybridized carbons (Fsp3) is 0.250. The minimum atomic E-state index is -3.60. The highest BCUT2D eigenvalue weighted by Crippen LogP contribution is 2.22. The van der Waals surface area contributed by atoms with E-state index in [1.165, 1.54) is 0 Å². The topological polar surface area (TPSA) is 43.4 Å². The van der Waals surface area contributed by atoms with Crippen molar-refractivity contribution in [1.29, 1.82) is 0 Å². The van der Waals surface area contributed by atoms with Crippen molar-refractivity contribution in [2.24, 2.45) is 0 Å². The second kappa shape index (κ2) is 3.74. The Bertz CT molecular complexity index is 391. The van der Waals surface area contributed by atoms with E-state index in [9.17, 15) is 8.42 Å². The van der Waals surface area contributed by atoms with Gasteiger partial charge in [-0.15, -0.1) is 0 Å². The molecule has 0 saturated heterocycles. The first-order valence-corrected chi connectivity index (χ1v) is 5.56. The Morgan fingerprint density at radius 3 is 2.08 bits per heavy atom. The number of rotatable bonds is 2. The molecule has 0 aliphatic carbocycles. The molecular weight excluding hydrogens is 207 g/mol. The summed E-state index contributed by atoms with van der Waals surface area (Å²) in [5.74, 6) is 0. The van der Waals surface area contributed by atoms with Crippen molar-refractivity contribution >= 4 is 19.6 Å². The van der Waals surface area contributed by atoms with Crippen LogP contribution < -0.4 is 0 Å². The van der Waals surface area contributed by atoms with Gasteiger partial charge in [0.05, 0.1) is 0 Å². The van der Waals surface area contributed by atoms with Crippen LogP contribution in [0.5, 0.6) is 0 Å². The second-order valence-electron chi connectivity index (χ2n) is 2.77. The van der Waals surface area contributed by atoms with E-state index in [1.807, 2.05) is 6.07 Å². The van der Waals surface area contributed by atoms with Crippen LogP contribution in [0, 0.1) is 13.8 Å². The SMILES string of the molecule is Cc1cccc(C)c1S(=O)(=O)OP. The zero-order valence-corrected chi connectivity index (χ0v) is 9.41. The lowest BCUT2D eigenvalue weighted by Crippen LogP contribution is -2.04. The minimum Gasteiger partial charge on any atom is -0.251 e. The van der Waals surface area contributed by atoms with Gasteiger partial charge in [-0.25, -0.2) is 0 Å². The molecule has 1 unspecified atom stereocenters. The van der Waals surface area contributed by atoms with E-state index in [1.54, 1.807) is 35.4 Å². The zero-order chi connectivity index (χ0) is 10.1. The van der Waals surface area contributed by atoms with E-state index < -0.39 is 10.1 Å². The lowest BCUT2D eigenvalue weighted by Gasteiger charge is -2.07. The third kappa shape index (κ3) is 2.08. The quantitative estimate of drug-likeness (QED) is 0.711. The summed E-state index contributed by atoms with van der Waals surface area (Å²) >= 11 is 0. The molecular formula is C8H11O3PS. The van der Waals surface area contributed by atoms with Crippen molar-refractivity contribution in [1.82, 2.24) is 0 Å². The first-order chi connectivity index (χ1) is 5.99. The van der Waals surface area contributed by atoms with Gasteiger partial charge in [-0.3, -0.25) is 3.97 Å². The van der Waals surface area contributed by atoms with Crippen LogP contribution in [-0.4, -0.2) is 8.42 Å². The summed E-state index contributed by atoms with van der Waals surface area (Å²) in [4.78, 5) is 0.255. The summed E-state index contributed by atoms with van der Waals surface area (Å²) in [5.41, 5.74) is 1.39. The number of benzene rings is 1. The highest BCUT2D eigenvalue weighted by molar-refractivity contribution is 7.89. The van der Waals surface area contributed by atoms with E-state index in [-0.39, 0.29) is 4.90 Å². The molecule has 0 spiro atoms. The Morgan fingerprint density at radius 1 is 1.23 bits per heavy atom. The predicted molar refractivity (Wildman–Crippen MR) is 53.9 cm³/mol. The molecule has 1 rings (SSSR count). The fourth-order valence-corrected chi connectivity index (χ4v) is 2.55. The normalized spacial score (nSPS) is 11.6.